The Labute approximate surface area is 236 Å². The smallest absolute Gasteiger partial charge is 0.261 e. The van der Waals surface area contributed by atoms with E-state index < -0.39 is 6.04 Å². The number of nitrogens with one attached hydrogen (secondary N) is 1. The molecule has 0 unspecified atom stereocenters. The van der Waals surface area contributed by atoms with Crippen molar-refractivity contribution in [1.29, 1.82) is 0 Å². The molecule has 0 saturated carbocycles. The second-order valence-electron chi connectivity index (χ2n) is 9.16. The summed E-state index contributed by atoms with van der Waals surface area (Å²) in [5.74, 6) is 0.224. The van der Waals surface area contributed by atoms with Gasteiger partial charge in [0, 0.05) is 28.5 Å². The van der Waals surface area contributed by atoms with Gasteiger partial charge in [0.25, 0.3) is 5.91 Å². The molecule has 0 heterocycles. The highest BCUT2D eigenvalue weighted by Gasteiger charge is 2.30. The highest BCUT2D eigenvalue weighted by molar-refractivity contribution is 9.10. The lowest BCUT2D eigenvalue weighted by molar-refractivity contribution is -0.142. The number of carbonyl (C=O) groups is 2. The van der Waals surface area contributed by atoms with Gasteiger partial charge in [-0.25, -0.2) is 0 Å². The molecular formula is C30H34Br2N2O3. The summed E-state index contributed by atoms with van der Waals surface area (Å²) in [6.07, 6.45) is 2.27. The van der Waals surface area contributed by atoms with Crippen LogP contribution in [0.15, 0.2) is 75.7 Å². The van der Waals surface area contributed by atoms with Crippen molar-refractivity contribution < 1.29 is 14.3 Å². The van der Waals surface area contributed by atoms with Crippen LogP contribution in [0, 0.1) is 13.8 Å². The second-order valence-corrected chi connectivity index (χ2v) is 10.9. The molecule has 2 amide bonds. The number of halogens is 2. The molecule has 3 aromatic rings. The van der Waals surface area contributed by atoms with Crippen molar-refractivity contribution in [3.63, 3.8) is 0 Å². The average molecular weight is 630 g/mol. The molecule has 1 N–H and O–H groups in total. The lowest BCUT2D eigenvalue weighted by Gasteiger charge is -2.31. The van der Waals surface area contributed by atoms with Gasteiger partial charge < -0.3 is 15.0 Å². The molecule has 0 aliphatic heterocycles. The molecule has 37 heavy (non-hydrogen) atoms. The zero-order valence-corrected chi connectivity index (χ0v) is 24.8. The van der Waals surface area contributed by atoms with E-state index in [2.05, 4.69) is 44.1 Å². The Bertz CT molecular complexity index is 1180. The van der Waals surface area contributed by atoms with Crippen molar-refractivity contribution in [2.24, 2.45) is 0 Å². The van der Waals surface area contributed by atoms with Crippen LogP contribution >= 0.6 is 31.9 Å². The van der Waals surface area contributed by atoms with Crippen LogP contribution in [0.1, 0.15) is 42.0 Å². The van der Waals surface area contributed by atoms with Crippen LogP contribution in [-0.2, 0) is 22.6 Å². The van der Waals surface area contributed by atoms with Gasteiger partial charge in [-0.15, -0.1) is 0 Å². The largest absolute Gasteiger partial charge is 0.484 e. The molecule has 1 atom stereocenters. The van der Waals surface area contributed by atoms with E-state index in [4.69, 9.17) is 4.74 Å². The fraction of sp³-hybridized carbons (Fsp3) is 0.333. The summed E-state index contributed by atoms with van der Waals surface area (Å²) in [5, 5.41) is 3.04. The molecule has 3 aromatic carbocycles. The minimum Gasteiger partial charge on any atom is -0.484 e. The maximum Gasteiger partial charge on any atom is 0.261 e. The molecule has 0 aromatic heterocycles. The highest BCUT2D eigenvalue weighted by atomic mass is 79.9. The fourth-order valence-electron chi connectivity index (χ4n) is 4.11. The number of nitrogens with zero attached hydrogens (tertiary/aromatic N) is 1. The summed E-state index contributed by atoms with van der Waals surface area (Å²) in [6.45, 7) is 6.76. The Morgan fingerprint density at radius 3 is 2.27 bits per heavy atom. The number of rotatable bonds is 12. The highest BCUT2D eigenvalue weighted by Crippen LogP contribution is 2.26. The van der Waals surface area contributed by atoms with Gasteiger partial charge in [-0.1, -0.05) is 87.7 Å². The zero-order chi connectivity index (χ0) is 26.8. The van der Waals surface area contributed by atoms with Crippen molar-refractivity contribution in [3.8, 4) is 5.75 Å². The molecule has 0 aliphatic carbocycles. The van der Waals surface area contributed by atoms with Crippen molar-refractivity contribution in [2.75, 3.05) is 13.2 Å². The van der Waals surface area contributed by atoms with Gasteiger partial charge in [-0.2, -0.15) is 0 Å². The van der Waals surface area contributed by atoms with Crippen molar-refractivity contribution in [3.05, 3.63) is 97.9 Å². The van der Waals surface area contributed by atoms with Crippen LogP contribution in [0.3, 0.4) is 0 Å². The van der Waals surface area contributed by atoms with E-state index >= 15 is 0 Å². The molecule has 0 spiro atoms. The predicted octanol–water partition coefficient (Wildman–Crippen LogP) is 6.76. The molecule has 0 bridgehead atoms. The van der Waals surface area contributed by atoms with E-state index in [0.29, 0.717) is 25.3 Å². The van der Waals surface area contributed by atoms with Gasteiger partial charge in [0.15, 0.2) is 6.61 Å². The Morgan fingerprint density at radius 2 is 1.62 bits per heavy atom. The van der Waals surface area contributed by atoms with Crippen LogP contribution in [0.4, 0.5) is 0 Å². The van der Waals surface area contributed by atoms with Crippen molar-refractivity contribution >= 4 is 43.7 Å². The van der Waals surface area contributed by atoms with E-state index in [1.165, 1.54) is 0 Å². The van der Waals surface area contributed by atoms with Crippen LogP contribution in [0.25, 0.3) is 0 Å². The number of aryl methyl sites for hydroxylation is 2. The average Bonchev–Trinajstić information content (AvgIpc) is 2.88. The number of amides is 2. The first kappa shape index (κ1) is 28.9. The SMILES string of the molecule is CCCCNC(=O)[C@@H](Cc1ccccc1)N(Cc1cccc(Br)c1)C(=O)COc1cc(C)c(Br)c(C)c1. The Morgan fingerprint density at radius 1 is 0.946 bits per heavy atom. The van der Waals surface area contributed by atoms with Crippen molar-refractivity contribution in [1.82, 2.24) is 10.2 Å². The van der Waals surface area contributed by atoms with Crippen LogP contribution in [0.2, 0.25) is 0 Å². The van der Waals surface area contributed by atoms with Crippen LogP contribution < -0.4 is 10.1 Å². The third-order valence-corrected chi connectivity index (χ3v) is 7.86. The summed E-state index contributed by atoms with van der Waals surface area (Å²) >= 11 is 7.09. The Balaban J connectivity index is 1.90. The van der Waals surface area contributed by atoms with Gasteiger partial charge in [0.2, 0.25) is 5.91 Å². The summed E-state index contributed by atoms with van der Waals surface area (Å²) in [7, 11) is 0. The standard InChI is InChI=1S/C30H34Br2N2O3/c1-4-5-14-33-30(36)27(18-23-10-7-6-8-11-23)34(19-24-12-9-13-25(31)17-24)28(35)20-37-26-15-21(2)29(32)22(3)16-26/h6-13,15-17,27H,4-5,14,18-20H2,1-3H3,(H,33,36)/t27-/m1/s1. The third-order valence-electron chi connectivity index (χ3n) is 6.11. The normalized spacial score (nSPS) is 11.6. The number of benzene rings is 3. The van der Waals surface area contributed by atoms with E-state index in [0.717, 1.165) is 44.0 Å². The monoisotopic (exact) mass is 628 g/mol. The van der Waals surface area contributed by atoms with Crippen molar-refractivity contribution in [2.45, 2.75) is 52.6 Å². The minimum atomic E-state index is -0.678. The molecule has 7 heteroatoms. The third kappa shape index (κ3) is 8.71. The van der Waals surface area contributed by atoms with Crippen LogP contribution in [0.5, 0.6) is 5.75 Å². The number of hydrogen-bond donors (Lipinski definition) is 1. The minimum absolute atomic E-state index is 0.156. The molecule has 196 valence electrons. The number of unbranched alkanes of at least 4 members (excludes halogenated alkanes) is 1. The van der Waals surface area contributed by atoms with Gasteiger partial charge in [0.05, 0.1) is 0 Å². The Kier molecular flexibility index (Phi) is 11.2. The topological polar surface area (TPSA) is 58.6 Å². The first-order chi connectivity index (χ1) is 17.8. The van der Waals surface area contributed by atoms with Gasteiger partial charge in [0.1, 0.15) is 11.8 Å². The van der Waals surface area contributed by atoms with E-state index in [9.17, 15) is 9.59 Å². The number of carbonyl (C=O) groups excluding carboxylic acids is 2. The molecule has 0 fully saturated rings. The molecule has 5 nitrogen and oxygen atoms in total. The van der Waals surface area contributed by atoms with Crippen LogP contribution in [-0.4, -0.2) is 35.9 Å². The molecular weight excluding hydrogens is 596 g/mol. The predicted molar refractivity (Wildman–Crippen MR) is 156 cm³/mol. The van der Waals surface area contributed by atoms with E-state index in [1.54, 1.807) is 4.90 Å². The van der Waals surface area contributed by atoms with E-state index in [-0.39, 0.29) is 18.4 Å². The first-order valence-corrected chi connectivity index (χ1v) is 14.1. The lowest BCUT2D eigenvalue weighted by atomic mass is 10.0. The molecule has 0 radical (unpaired) electrons. The van der Waals surface area contributed by atoms with E-state index in [1.807, 2.05) is 80.6 Å². The summed E-state index contributed by atoms with van der Waals surface area (Å²) < 4.78 is 7.89. The Hall–Kier alpha value is -2.64. The molecule has 0 aliphatic rings. The van der Waals surface area contributed by atoms with Gasteiger partial charge >= 0.3 is 0 Å². The molecule has 3 rings (SSSR count). The summed E-state index contributed by atoms with van der Waals surface area (Å²) in [4.78, 5) is 28.8. The fourth-order valence-corrected chi connectivity index (χ4v) is 4.79. The molecule has 0 saturated heterocycles. The number of hydrogen-bond acceptors (Lipinski definition) is 3. The first-order valence-electron chi connectivity index (χ1n) is 12.5. The quantitative estimate of drug-likeness (QED) is 0.225. The maximum absolute atomic E-state index is 13.7. The van der Waals surface area contributed by atoms with Gasteiger partial charge in [-0.3, -0.25) is 9.59 Å². The summed E-state index contributed by atoms with van der Waals surface area (Å²) in [5.41, 5.74) is 3.99. The van der Waals surface area contributed by atoms with Gasteiger partial charge in [-0.05, 0) is 66.8 Å². The lowest BCUT2D eigenvalue weighted by Crippen LogP contribution is -2.51. The summed E-state index contributed by atoms with van der Waals surface area (Å²) in [6, 6.07) is 20.7. The second kappa shape index (κ2) is 14.3. The maximum atomic E-state index is 13.7. The number of ether oxygens (including phenoxy) is 1. The zero-order valence-electron chi connectivity index (χ0n) is 21.6.